The van der Waals surface area contributed by atoms with E-state index >= 15 is 0 Å². The van der Waals surface area contributed by atoms with Crippen LogP contribution in [0.3, 0.4) is 0 Å². The second-order valence-corrected chi connectivity index (χ2v) is 2.70. The molecule has 0 aliphatic carbocycles. The average Bonchev–Trinajstić information content (AvgIpc) is 1.83. The van der Waals surface area contributed by atoms with Crippen molar-refractivity contribution in [3.8, 4) is 0 Å². The minimum Gasteiger partial charge on any atom is -0.269 e. The molecule has 0 saturated heterocycles. The summed E-state index contributed by atoms with van der Waals surface area (Å²) in [4.78, 5) is 0. The number of rotatable bonds is 0. The summed E-state index contributed by atoms with van der Waals surface area (Å²) in [7, 11) is 0. The highest BCUT2D eigenvalue weighted by Crippen LogP contribution is 2.17. The molecule has 5 heteroatoms. The van der Waals surface area contributed by atoms with Crippen molar-refractivity contribution in [1.82, 2.24) is 0 Å². The topological polar surface area (TPSA) is 0 Å². The van der Waals surface area contributed by atoms with Crippen molar-refractivity contribution in [1.29, 1.82) is 0 Å². The van der Waals surface area contributed by atoms with Gasteiger partial charge >= 0.3 is 0 Å². The summed E-state index contributed by atoms with van der Waals surface area (Å²) in [6.45, 7) is 1.74. The van der Waals surface area contributed by atoms with Gasteiger partial charge < -0.3 is 0 Å². The fourth-order valence-electron chi connectivity index (χ4n) is 0.581. The number of halogens is 5. The summed E-state index contributed by atoms with van der Waals surface area (Å²) in [5.41, 5.74) is 0.664. The van der Waals surface area contributed by atoms with Crippen LogP contribution in [0.4, 0.5) is 18.5 Å². The van der Waals surface area contributed by atoms with Crippen molar-refractivity contribution in [2.24, 2.45) is 0 Å². The van der Waals surface area contributed by atoms with Gasteiger partial charge in [-0.05, 0) is 24.6 Å². The van der Waals surface area contributed by atoms with Crippen molar-refractivity contribution in [2.75, 3.05) is 0 Å². The normalized spacial score (nSPS) is 7.25. The Morgan fingerprint density at radius 3 is 2.00 bits per heavy atom. The van der Waals surface area contributed by atoms with Crippen LogP contribution in [0.15, 0.2) is 22.7 Å². The average molecular weight is 249 g/mol. The van der Waals surface area contributed by atoms with Crippen molar-refractivity contribution in [3.05, 3.63) is 34.1 Å². The van der Waals surface area contributed by atoms with Gasteiger partial charge in [0.25, 0.3) is 0 Å². The van der Waals surface area contributed by atoms with Gasteiger partial charge in [-0.25, -0.2) is 4.39 Å². The summed E-state index contributed by atoms with van der Waals surface area (Å²) in [5, 5.41) is 0. The Hall–Kier alpha value is -0.580. The van der Waals surface area contributed by atoms with Crippen molar-refractivity contribution < 1.29 is 18.5 Å². The van der Waals surface area contributed by atoms with Crippen LogP contribution in [0.2, 0.25) is 0 Å². The largest absolute Gasteiger partial charge is 0.269 e. The lowest BCUT2D eigenvalue weighted by Crippen LogP contribution is -1.80. The van der Waals surface area contributed by atoms with Crippen LogP contribution in [0.25, 0.3) is 0 Å². The zero-order chi connectivity index (χ0) is 6.85. The molecule has 0 radical (unpaired) electrons. The molecule has 0 bridgehead atoms. The van der Waals surface area contributed by atoms with Gasteiger partial charge in [-0.1, -0.05) is 22.0 Å². The molecular formula is C7H9BrF4. The van der Waals surface area contributed by atoms with E-state index in [4.69, 9.17) is 0 Å². The third-order valence-electron chi connectivity index (χ3n) is 1.20. The molecule has 0 N–H and O–H groups in total. The Balaban J connectivity index is -0.000000270. The van der Waals surface area contributed by atoms with Gasteiger partial charge in [0.2, 0.25) is 0 Å². The molecule has 0 amide bonds. The van der Waals surface area contributed by atoms with Gasteiger partial charge in [0.15, 0.2) is 0 Å². The molecule has 72 valence electrons. The van der Waals surface area contributed by atoms with E-state index in [1.807, 2.05) is 6.07 Å². The lowest BCUT2D eigenvalue weighted by Gasteiger charge is -1.95. The third kappa shape index (κ3) is 3.71. The second-order valence-electron chi connectivity index (χ2n) is 1.85. The second kappa shape index (κ2) is 7.09. The van der Waals surface area contributed by atoms with E-state index in [2.05, 4.69) is 15.9 Å². The van der Waals surface area contributed by atoms with Crippen LogP contribution in [0.5, 0.6) is 0 Å². The van der Waals surface area contributed by atoms with Crippen molar-refractivity contribution >= 4 is 15.9 Å². The molecular weight excluding hydrogens is 240 g/mol. The summed E-state index contributed by atoms with van der Waals surface area (Å²) in [6.07, 6.45) is 0. The first-order valence-electron chi connectivity index (χ1n) is 2.62. The Kier molecular flexibility index (Phi) is 10.3. The first-order valence-corrected chi connectivity index (χ1v) is 3.41. The van der Waals surface area contributed by atoms with E-state index in [-0.39, 0.29) is 19.9 Å². The van der Waals surface area contributed by atoms with Crippen molar-refractivity contribution in [2.45, 2.75) is 6.92 Å². The first kappa shape index (κ1) is 17.5. The maximum Gasteiger partial charge on any atom is 0.127 e. The zero-order valence-corrected chi connectivity index (χ0v) is 7.80. The maximum atomic E-state index is 12.5. The van der Waals surface area contributed by atoms with E-state index < -0.39 is 0 Å². The summed E-state index contributed by atoms with van der Waals surface area (Å²) >= 11 is 3.21. The fourth-order valence-corrected chi connectivity index (χ4v) is 0.923. The van der Waals surface area contributed by atoms with Crippen LogP contribution in [-0.4, -0.2) is 0 Å². The molecule has 0 saturated carbocycles. The summed E-state index contributed by atoms with van der Waals surface area (Å²) in [5.74, 6) is -0.163. The van der Waals surface area contributed by atoms with Crippen LogP contribution in [0, 0.1) is 12.7 Å². The van der Waals surface area contributed by atoms with Gasteiger partial charge in [0, 0.05) is 4.47 Å². The maximum absolute atomic E-state index is 12.5. The highest BCUT2D eigenvalue weighted by atomic mass is 79.9. The Labute approximate surface area is 76.0 Å². The summed E-state index contributed by atoms with van der Waals surface area (Å²) in [6, 6.07) is 4.94. The SMILES string of the molecule is Cc1c(F)cccc1Br.F.F.F. The van der Waals surface area contributed by atoms with Gasteiger partial charge in [-0.15, -0.1) is 0 Å². The van der Waals surface area contributed by atoms with Crippen LogP contribution < -0.4 is 0 Å². The van der Waals surface area contributed by atoms with Gasteiger partial charge in [0.1, 0.15) is 5.82 Å². The monoisotopic (exact) mass is 248 g/mol. The Morgan fingerprint density at radius 2 is 1.67 bits per heavy atom. The van der Waals surface area contributed by atoms with E-state index in [1.165, 1.54) is 6.07 Å². The quantitative estimate of drug-likeness (QED) is 0.618. The minimum atomic E-state index is -0.163. The van der Waals surface area contributed by atoms with E-state index in [9.17, 15) is 4.39 Å². The number of benzene rings is 1. The standard InChI is InChI=1S/C7H6BrF.3FH/c1-5-6(8)3-2-4-7(5)9;;;/h2-4H,1H3;3*1H. The molecule has 0 spiro atoms. The van der Waals surface area contributed by atoms with Crippen LogP contribution in [-0.2, 0) is 0 Å². The van der Waals surface area contributed by atoms with Gasteiger partial charge in [-0.2, -0.15) is 0 Å². The minimum absolute atomic E-state index is 0. The van der Waals surface area contributed by atoms with Crippen LogP contribution >= 0.6 is 15.9 Å². The van der Waals surface area contributed by atoms with Crippen LogP contribution in [0.1, 0.15) is 5.56 Å². The Bertz CT molecular complexity index is 206. The lowest BCUT2D eigenvalue weighted by molar-refractivity contribution is 0.617. The highest BCUT2D eigenvalue weighted by molar-refractivity contribution is 9.10. The fraction of sp³-hybridized carbons (Fsp3) is 0.143. The predicted octanol–water partition coefficient (Wildman–Crippen LogP) is 3.35. The smallest absolute Gasteiger partial charge is 0.127 e. The van der Waals surface area contributed by atoms with Gasteiger partial charge in [-0.3, -0.25) is 14.1 Å². The molecule has 1 aromatic rings. The molecule has 0 aliphatic rings. The molecule has 12 heavy (non-hydrogen) atoms. The van der Waals surface area contributed by atoms with E-state index in [0.29, 0.717) is 5.56 Å². The molecule has 0 atom stereocenters. The lowest BCUT2D eigenvalue weighted by atomic mass is 10.2. The number of hydrogen-bond acceptors (Lipinski definition) is 0. The third-order valence-corrected chi connectivity index (χ3v) is 2.06. The Morgan fingerprint density at radius 1 is 1.17 bits per heavy atom. The molecule has 0 aliphatic heterocycles. The molecule has 0 aromatic heterocycles. The van der Waals surface area contributed by atoms with Crippen molar-refractivity contribution in [3.63, 3.8) is 0 Å². The highest BCUT2D eigenvalue weighted by Gasteiger charge is 1.97. The molecule has 1 rings (SSSR count). The predicted molar refractivity (Wildman–Crippen MR) is 46.3 cm³/mol. The molecule has 0 heterocycles. The zero-order valence-electron chi connectivity index (χ0n) is 6.21. The molecule has 1 aromatic carbocycles. The molecule has 0 nitrogen and oxygen atoms in total. The molecule has 0 fully saturated rings. The molecule has 0 unspecified atom stereocenters. The van der Waals surface area contributed by atoms with Gasteiger partial charge in [0.05, 0.1) is 0 Å². The van der Waals surface area contributed by atoms with E-state index in [0.717, 1.165) is 4.47 Å². The number of hydrogen-bond donors (Lipinski definition) is 0. The first-order chi connectivity index (χ1) is 4.22. The van der Waals surface area contributed by atoms with E-state index in [1.54, 1.807) is 13.0 Å². The summed E-state index contributed by atoms with van der Waals surface area (Å²) < 4.78 is 13.4.